The molecule has 0 aliphatic rings. The van der Waals surface area contributed by atoms with Gasteiger partial charge in [0, 0.05) is 21.5 Å². The molecular formula is C21H14ClFN2OS2. The molecule has 140 valence electrons. The van der Waals surface area contributed by atoms with Gasteiger partial charge in [0.25, 0.3) is 0 Å². The molecule has 0 atom stereocenters. The van der Waals surface area contributed by atoms with E-state index < -0.39 is 0 Å². The van der Waals surface area contributed by atoms with Gasteiger partial charge < -0.3 is 0 Å². The van der Waals surface area contributed by atoms with E-state index in [9.17, 15) is 9.18 Å². The Morgan fingerprint density at radius 2 is 1.96 bits per heavy atom. The molecule has 2 aromatic heterocycles. The number of thiophene rings is 1. The number of nitrogens with zero attached hydrogens (tertiary/aromatic N) is 2. The molecule has 2 aromatic carbocycles. The minimum atomic E-state index is -0.312. The average molecular weight is 429 g/mol. The van der Waals surface area contributed by atoms with Crippen LogP contribution >= 0.6 is 34.7 Å². The molecule has 0 amide bonds. The van der Waals surface area contributed by atoms with Crippen LogP contribution in [0.1, 0.15) is 15.9 Å². The monoisotopic (exact) mass is 428 g/mol. The van der Waals surface area contributed by atoms with Crippen LogP contribution in [-0.4, -0.2) is 21.5 Å². The van der Waals surface area contributed by atoms with Crippen molar-refractivity contribution in [2.75, 3.05) is 5.75 Å². The molecule has 7 heteroatoms. The zero-order chi connectivity index (χ0) is 19.7. The Morgan fingerprint density at radius 3 is 2.71 bits per heavy atom. The molecule has 4 rings (SSSR count). The fourth-order valence-electron chi connectivity index (χ4n) is 2.83. The fraction of sp³-hybridized carbons (Fsp3) is 0.0952. The zero-order valence-corrected chi connectivity index (χ0v) is 17.2. The standard InChI is InChI=1S/C21H14ClFN2OS2/c1-12-8-14(4-7-17(12)23)18(26)10-28-21-19-16(9-27-20(19)24-11-25-21)13-2-5-15(22)6-3-13/h2-9,11H,10H2,1H3. The predicted molar refractivity (Wildman–Crippen MR) is 114 cm³/mol. The van der Waals surface area contributed by atoms with Gasteiger partial charge in [0.2, 0.25) is 0 Å². The van der Waals surface area contributed by atoms with Crippen LogP contribution in [0.15, 0.2) is 59.2 Å². The SMILES string of the molecule is Cc1cc(C(=O)CSc2ncnc3scc(-c4ccc(Cl)cc4)c23)ccc1F. The van der Waals surface area contributed by atoms with Gasteiger partial charge in [-0.3, -0.25) is 4.79 Å². The molecule has 0 unspecified atom stereocenters. The van der Waals surface area contributed by atoms with E-state index in [1.165, 1.54) is 41.6 Å². The first-order valence-corrected chi connectivity index (χ1v) is 10.7. The Labute approximate surface area is 174 Å². The molecule has 0 aliphatic heterocycles. The van der Waals surface area contributed by atoms with Gasteiger partial charge in [-0.15, -0.1) is 11.3 Å². The number of hydrogen-bond acceptors (Lipinski definition) is 5. The zero-order valence-electron chi connectivity index (χ0n) is 14.8. The molecule has 3 nitrogen and oxygen atoms in total. The summed E-state index contributed by atoms with van der Waals surface area (Å²) in [4.78, 5) is 22.2. The third-order valence-electron chi connectivity index (χ3n) is 4.31. The number of Topliss-reactive ketones (excluding diaryl/α,β-unsaturated/α-hetero) is 1. The van der Waals surface area contributed by atoms with Crippen molar-refractivity contribution in [3.05, 3.63) is 76.1 Å². The highest BCUT2D eigenvalue weighted by molar-refractivity contribution is 8.00. The first kappa shape index (κ1) is 19.1. The average Bonchev–Trinajstić information content (AvgIpc) is 3.13. The molecule has 0 saturated heterocycles. The van der Waals surface area contributed by atoms with Crippen molar-refractivity contribution in [3.63, 3.8) is 0 Å². The highest BCUT2D eigenvalue weighted by atomic mass is 35.5. The number of fused-ring (bicyclic) bond motifs is 1. The number of carbonyl (C=O) groups is 1. The molecular weight excluding hydrogens is 415 g/mol. The third-order valence-corrected chi connectivity index (χ3v) is 6.44. The van der Waals surface area contributed by atoms with E-state index >= 15 is 0 Å². The van der Waals surface area contributed by atoms with E-state index in [4.69, 9.17) is 11.6 Å². The number of thioether (sulfide) groups is 1. The van der Waals surface area contributed by atoms with E-state index in [-0.39, 0.29) is 17.4 Å². The molecule has 0 radical (unpaired) electrons. The lowest BCUT2D eigenvalue weighted by atomic mass is 10.1. The summed E-state index contributed by atoms with van der Waals surface area (Å²) in [6.45, 7) is 1.65. The predicted octanol–water partition coefficient (Wildman–Crippen LogP) is 6.43. The summed E-state index contributed by atoms with van der Waals surface area (Å²) in [7, 11) is 0. The minimum absolute atomic E-state index is 0.0665. The number of ketones is 1. The first-order chi connectivity index (χ1) is 13.5. The number of aromatic nitrogens is 2. The summed E-state index contributed by atoms with van der Waals surface area (Å²) >= 11 is 8.90. The van der Waals surface area contributed by atoms with Crippen molar-refractivity contribution in [1.29, 1.82) is 0 Å². The fourth-order valence-corrected chi connectivity index (χ4v) is 4.85. The van der Waals surface area contributed by atoms with Gasteiger partial charge in [0.15, 0.2) is 5.78 Å². The van der Waals surface area contributed by atoms with Crippen LogP contribution in [0, 0.1) is 12.7 Å². The molecule has 4 aromatic rings. The van der Waals surface area contributed by atoms with E-state index in [0.29, 0.717) is 16.1 Å². The highest BCUT2D eigenvalue weighted by Gasteiger charge is 2.16. The lowest BCUT2D eigenvalue weighted by Crippen LogP contribution is -2.03. The van der Waals surface area contributed by atoms with Crippen LogP contribution in [0.25, 0.3) is 21.3 Å². The molecule has 0 fully saturated rings. The summed E-state index contributed by atoms with van der Waals surface area (Å²) < 4.78 is 13.4. The van der Waals surface area contributed by atoms with Crippen LogP contribution in [-0.2, 0) is 0 Å². The summed E-state index contributed by atoms with van der Waals surface area (Å²) in [5.41, 5.74) is 3.00. The van der Waals surface area contributed by atoms with Crippen molar-refractivity contribution in [2.24, 2.45) is 0 Å². The Balaban J connectivity index is 1.63. The number of rotatable bonds is 5. The summed E-state index contributed by atoms with van der Waals surface area (Å²) in [5, 5.41) is 4.40. The number of halogens is 2. The van der Waals surface area contributed by atoms with Gasteiger partial charge in [-0.05, 0) is 48.4 Å². The normalized spacial score (nSPS) is 11.1. The lowest BCUT2D eigenvalue weighted by Gasteiger charge is -2.06. The Bertz CT molecular complexity index is 1170. The quantitative estimate of drug-likeness (QED) is 0.208. The van der Waals surface area contributed by atoms with Crippen molar-refractivity contribution in [3.8, 4) is 11.1 Å². The van der Waals surface area contributed by atoms with E-state index in [1.807, 2.05) is 29.6 Å². The van der Waals surface area contributed by atoms with Crippen molar-refractivity contribution < 1.29 is 9.18 Å². The summed E-state index contributed by atoms with van der Waals surface area (Å²) in [6, 6.07) is 12.0. The van der Waals surface area contributed by atoms with Crippen molar-refractivity contribution in [1.82, 2.24) is 9.97 Å². The summed E-state index contributed by atoms with van der Waals surface area (Å²) in [5.74, 6) is -0.164. The minimum Gasteiger partial charge on any atom is -0.293 e. The molecule has 2 heterocycles. The first-order valence-electron chi connectivity index (χ1n) is 8.43. The van der Waals surface area contributed by atoms with Crippen LogP contribution in [0.3, 0.4) is 0 Å². The molecule has 0 N–H and O–H groups in total. The smallest absolute Gasteiger partial charge is 0.173 e. The van der Waals surface area contributed by atoms with E-state index in [0.717, 1.165) is 26.4 Å². The van der Waals surface area contributed by atoms with Gasteiger partial charge in [-0.25, -0.2) is 14.4 Å². The van der Waals surface area contributed by atoms with Crippen LogP contribution < -0.4 is 0 Å². The maximum atomic E-state index is 13.4. The summed E-state index contributed by atoms with van der Waals surface area (Å²) in [6.07, 6.45) is 1.51. The lowest BCUT2D eigenvalue weighted by molar-refractivity contribution is 0.102. The van der Waals surface area contributed by atoms with Gasteiger partial charge >= 0.3 is 0 Å². The second-order valence-corrected chi connectivity index (χ2v) is 8.45. The molecule has 0 aliphatic carbocycles. The topological polar surface area (TPSA) is 42.9 Å². The molecule has 0 spiro atoms. The van der Waals surface area contributed by atoms with E-state index in [1.54, 1.807) is 13.0 Å². The number of carbonyl (C=O) groups excluding carboxylic acids is 1. The Morgan fingerprint density at radius 1 is 1.18 bits per heavy atom. The maximum absolute atomic E-state index is 13.4. The van der Waals surface area contributed by atoms with Gasteiger partial charge in [-0.1, -0.05) is 35.5 Å². The Kier molecular flexibility index (Phi) is 5.44. The largest absolute Gasteiger partial charge is 0.293 e. The third kappa shape index (κ3) is 3.81. The second-order valence-electron chi connectivity index (χ2n) is 6.19. The molecule has 0 saturated carbocycles. The number of benzene rings is 2. The van der Waals surface area contributed by atoms with Crippen molar-refractivity contribution >= 4 is 50.7 Å². The molecule has 28 heavy (non-hydrogen) atoms. The second kappa shape index (κ2) is 7.99. The highest BCUT2D eigenvalue weighted by Crippen LogP contribution is 2.38. The van der Waals surface area contributed by atoms with E-state index in [2.05, 4.69) is 9.97 Å². The van der Waals surface area contributed by atoms with Crippen molar-refractivity contribution in [2.45, 2.75) is 11.9 Å². The van der Waals surface area contributed by atoms with Gasteiger partial charge in [0.1, 0.15) is 22.0 Å². The van der Waals surface area contributed by atoms with Crippen LogP contribution in [0.5, 0.6) is 0 Å². The number of hydrogen-bond donors (Lipinski definition) is 0. The van der Waals surface area contributed by atoms with Gasteiger partial charge in [-0.2, -0.15) is 0 Å². The molecule has 0 bridgehead atoms. The van der Waals surface area contributed by atoms with Gasteiger partial charge in [0.05, 0.1) is 11.1 Å². The Hall–Kier alpha value is -2.28. The maximum Gasteiger partial charge on any atom is 0.173 e. The van der Waals surface area contributed by atoms with Crippen LogP contribution in [0.2, 0.25) is 5.02 Å². The number of aryl methyl sites for hydroxylation is 1. The van der Waals surface area contributed by atoms with Crippen LogP contribution in [0.4, 0.5) is 4.39 Å².